The Morgan fingerprint density at radius 3 is 2.70 bits per heavy atom. The van der Waals surface area contributed by atoms with Crippen molar-refractivity contribution < 1.29 is 4.39 Å². The molecule has 0 saturated heterocycles. The molecule has 7 heteroatoms. The van der Waals surface area contributed by atoms with Crippen LogP contribution in [-0.2, 0) is 6.54 Å². The van der Waals surface area contributed by atoms with E-state index in [1.165, 1.54) is 12.1 Å². The van der Waals surface area contributed by atoms with E-state index in [1.54, 1.807) is 24.9 Å². The summed E-state index contributed by atoms with van der Waals surface area (Å²) in [5.41, 5.74) is 0.889. The topological polar surface area (TPSA) is 36.4 Å². The van der Waals surface area contributed by atoms with Gasteiger partial charge in [0.15, 0.2) is 5.96 Å². The highest BCUT2D eigenvalue weighted by Crippen LogP contribution is 2.21. The van der Waals surface area contributed by atoms with Crippen molar-refractivity contribution in [2.24, 2.45) is 4.99 Å². The zero-order chi connectivity index (χ0) is 14.3. The number of hydrogen-bond donors (Lipinski definition) is 2. The SMILES string of the molecule is C=C(Cl)CNC(=NC)NCc1cc(F)ccc1SC.I. The molecule has 0 unspecified atom stereocenters. The van der Waals surface area contributed by atoms with Crippen LogP contribution in [0.2, 0.25) is 0 Å². The lowest BCUT2D eigenvalue weighted by Crippen LogP contribution is -2.37. The Kier molecular flexibility index (Phi) is 10.0. The molecule has 1 rings (SSSR count). The summed E-state index contributed by atoms with van der Waals surface area (Å²) in [6, 6.07) is 4.75. The summed E-state index contributed by atoms with van der Waals surface area (Å²) < 4.78 is 13.2. The van der Waals surface area contributed by atoms with Crippen molar-refractivity contribution in [3.63, 3.8) is 0 Å². The molecular weight excluding hydrogens is 412 g/mol. The maximum atomic E-state index is 13.2. The largest absolute Gasteiger partial charge is 0.352 e. The number of aliphatic imine (C=N–C) groups is 1. The average Bonchev–Trinajstić information content (AvgIpc) is 2.39. The summed E-state index contributed by atoms with van der Waals surface area (Å²) in [4.78, 5) is 5.08. The van der Waals surface area contributed by atoms with Gasteiger partial charge in [-0.15, -0.1) is 35.7 Å². The first-order valence-electron chi connectivity index (χ1n) is 5.67. The minimum atomic E-state index is -0.244. The second-order valence-electron chi connectivity index (χ2n) is 3.75. The third kappa shape index (κ3) is 6.81. The van der Waals surface area contributed by atoms with Crippen molar-refractivity contribution in [2.75, 3.05) is 19.8 Å². The van der Waals surface area contributed by atoms with Gasteiger partial charge in [0.25, 0.3) is 0 Å². The molecule has 0 spiro atoms. The van der Waals surface area contributed by atoms with Gasteiger partial charge in [0.05, 0.1) is 6.54 Å². The number of guanidine groups is 1. The molecule has 20 heavy (non-hydrogen) atoms. The first-order chi connectivity index (χ1) is 9.06. The van der Waals surface area contributed by atoms with Crippen LogP contribution >= 0.6 is 47.3 Å². The van der Waals surface area contributed by atoms with E-state index in [1.807, 2.05) is 6.26 Å². The first kappa shape index (κ1) is 19.5. The number of nitrogens with zero attached hydrogens (tertiary/aromatic N) is 1. The molecular formula is C13H18ClFIN3S. The number of nitrogens with one attached hydrogen (secondary N) is 2. The highest BCUT2D eigenvalue weighted by molar-refractivity contribution is 14.0. The van der Waals surface area contributed by atoms with Gasteiger partial charge < -0.3 is 10.6 Å². The average molecular weight is 430 g/mol. The molecule has 1 aromatic carbocycles. The summed E-state index contributed by atoms with van der Waals surface area (Å²) in [5, 5.41) is 6.60. The maximum absolute atomic E-state index is 13.2. The van der Waals surface area contributed by atoms with Gasteiger partial charge in [-0.2, -0.15) is 0 Å². The third-order valence-corrected chi connectivity index (χ3v) is 3.33. The monoisotopic (exact) mass is 429 g/mol. The molecule has 0 aliphatic heterocycles. The second kappa shape index (κ2) is 10.3. The Labute approximate surface area is 145 Å². The van der Waals surface area contributed by atoms with E-state index in [0.717, 1.165) is 10.5 Å². The van der Waals surface area contributed by atoms with Crippen LogP contribution in [0.5, 0.6) is 0 Å². The molecule has 0 heterocycles. The fourth-order valence-corrected chi connectivity index (χ4v) is 2.13. The Morgan fingerprint density at radius 2 is 2.15 bits per heavy atom. The van der Waals surface area contributed by atoms with Gasteiger partial charge >= 0.3 is 0 Å². The standard InChI is InChI=1S/C13H17ClFN3S.HI/c1-9(14)7-17-13(16-2)18-8-10-6-11(15)4-5-12(10)19-3;/h4-6H,1,7-8H2,2-3H3,(H2,16,17,18);1H. The fourth-order valence-electron chi connectivity index (χ4n) is 1.46. The van der Waals surface area contributed by atoms with E-state index in [0.29, 0.717) is 24.1 Å². The van der Waals surface area contributed by atoms with Crippen LogP contribution in [-0.4, -0.2) is 25.8 Å². The van der Waals surface area contributed by atoms with Crippen LogP contribution in [0.25, 0.3) is 0 Å². The smallest absolute Gasteiger partial charge is 0.191 e. The van der Waals surface area contributed by atoms with Crippen molar-refractivity contribution >= 4 is 53.3 Å². The molecule has 112 valence electrons. The molecule has 0 aliphatic rings. The number of thioether (sulfide) groups is 1. The Bertz CT molecular complexity index is 483. The molecule has 0 amide bonds. The van der Waals surface area contributed by atoms with E-state index in [9.17, 15) is 4.39 Å². The Morgan fingerprint density at radius 1 is 1.45 bits per heavy atom. The van der Waals surface area contributed by atoms with Crippen LogP contribution in [0.1, 0.15) is 5.56 Å². The van der Waals surface area contributed by atoms with Crippen molar-refractivity contribution in [3.8, 4) is 0 Å². The van der Waals surface area contributed by atoms with Crippen molar-refractivity contribution in [2.45, 2.75) is 11.4 Å². The quantitative estimate of drug-likeness (QED) is 0.325. The molecule has 1 aromatic rings. The maximum Gasteiger partial charge on any atom is 0.191 e. The van der Waals surface area contributed by atoms with Gasteiger partial charge in [-0.1, -0.05) is 18.2 Å². The molecule has 0 aromatic heterocycles. The van der Waals surface area contributed by atoms with E-state index in [-0.39, 0.29) is 29.8 Å². The number of benzene rings is 1. The first-order valence-corrected chi connectivity index (χ1v) is 7.27. The van der Waals surface area contributed by atoms with Crippen LogP contribution in [0.3, 0.4) is 0 Å². The van der Waals surface area contributed by atoms with Gasteiger partial charge in [-0.05, 0) is 30.0 Å². The highest BCUT2D eigenvalue weighted by Gasteiger charge is 2.05. The fraction of sp³-hybridized carbons (Fsp3) is 0.308. The summed E-state index contributed by atoms with van der Waals surface area (Å²) in [5.74, 6) is 0.352. The number of hydrogen-bond acceptors (Lipinski definition) is 2. The summed E-state index contributed by atoms with van der Waals surface area (Å²) in [6.45, 7) is 4.50. The van der Waals surface area contributed by atoms with Gasteiger partial charge in [0.1, 0.15) is 5.82 Å². The van der Waals surface area contributed by atoms with E-state index >= 15 is 0 Å². The number of halogens is 3. The van der Waals surface area contributed by atoms with E-state index < -0.39 is 0 Å². The van der Waals surface area contributed by atoms with E-state index in [2.05, 4.69) is 22.2 Å². The molecule has 0 saturated carbocycles. The molecule has 2 N–H and O–H groups in total. The lowest BCUT2D eigenvalue weighted by molar-refractivity contribution is 0.622. The van der Waals surface area contributed by atoms with Gasteiger partial charge in [-0.3, -0.25) is 4.99 Å². The van der Waals surface area contributed by atoms with Crippen molar-refractivity contribution in [1.82, 2.24) is 10.6 Å². The van der Waals surface area contributed by atoms with E-state index in [4.69, 9.17) is 11.6 Å². The minimum absolute atomic E-state index is 0. The van der Waals surface area contributed by atoms with Crippen LogP contribution in [0, 0.1) is 5.82 Å². The lowest BCUT2D eigenvalue weighted by Gasteiger charge is -2.13. The second-order valence-corrected chi connectivity index (χ2v) is 5.14. The predicted molar refractivity (Wildman–Crippen MR) is 96.8 cm³/mol. The Balaban J connectivity index is 0.00000361. The minimum Gasteiger partial charge on any atom is -0.352 e. The third-order valence-electron chi connectivity index (χ3n) is 2.36. The van der Waals surface area contributed by atoms with Crippen molar-refractivity contribution in [3.05, 3.63) is 41.2 Å². The number of rotatable bonds is 5. The molecule has 0 aliphatic carbocycles. The predicted octanol–water partition coefficient (Wildman–Crippen LogP) is 3.58. The molecule has 3 nitrogen and oxygen atoms in total. The molecule has 0 fully saturated rings. The highest BCUT2D eigenvalue weighted by atomic mass is 127. The molecule has 0 bridgehead atoms. The summed E-state index contributed by atoms with van der Waals surface area (Å²) in [6.07, 6.45) is 1.96. The normalized spacial score (nSPS) is 10.7. The van der Waals surface area contributed by atoms with Crippen LogP contribution in [0.4, 0.5) is 4.39 Å². The molecule has 0 radical (unpaired) electrons. The molecule has 0 atom stereocenters. The van der Waals surface area contributed by atoms with Crippen LogP contribution < -0.4 is 10.6 Å². The zero-order valence-electron chi connectivity index (χ0n) is 11.4. The Hall–Kier alpha value is -0.470. The van der Waals surface area contributed by atoms with Crippen LogP contribution in [0.15, 0.2) is 39.7 Å². The zero-order valence-corrected chi connectivity index (χ0v) is 15.3. The van der Waals surface area contributed by atoms with Gasteiger partial charge in [0.2, 0.25) is 0 Å². The van der Waals surface area contributed by atoms with Gasteiger partial charge in [0, 0.05) is 23.5 Å². The lowest BCUT2D eigenvalue weighted by atomic mass is 10.2. The van der Waals surface area contributed by atoms with Gasteiger partial charge in [-0.25, -0.2) is 4.39 Å². The van der Waals surface area contributed by atoms with Crippen molar-refractivity contribution in [1.29, 1.82) is 0 Å². The summed E-state index contributed by atoms with van der Waals surface area (Å²) in [7, 11) is 1.66. The summed E-state index contributed by atoms with van der Waals surface area (Å²) >= 11 is 7.25.